The van der Waals surface area contributed by atoms with Crippen LogP contribution in [0.4, 0.5) is 4.39 Å². The summed E-state index contributed by atoms with van der Waals surface area (Å²) >= 11 is 0. The zero-order valence-electron chi connectivity index (χ0n) is 17.3. The van der Waals surface area contributed by atoms with Gasteiger partial charge in [0.2, 0.25) is 0 Å². The third-order valence-electron chi connectivity index (χ3n) is 4.08. The lowest BCUT2D eigenvalue weighted by molar-refractivity contribution is -0.123. The van der Waals surface area contributed by atoms with Crippen LogP contribution in [0.15, 0.2) is 77.9 Å². The van der Waals surface area contributed by atoms with E-state index in [1.54, 1.807) is 48.5 Å². The van der Waals surface area contributed by atoms with Gasteiger partial charge in [-0.15, -0.1) is 0 Å². The summed E-state index contributed by atoms with van der Waals surface area (Å²) in [6.45, 7) is 2.17. The van der Waals surface area contributed by atoms with Gasteiger partial charge in [-0.05, 0) is 85.3 Å². The molecule has 0 saturated carbocycles. The highest BCUT2D eigenvalue weighted by atomic mass is 19.1. The summed E-state index contributed by atoms with van der Waals surface area (Å²) in [5.41, 5.74) is 3.42. The number of amides is 1. The van der Waals surface area contributed by atoms with E-state index in [2.05, 4.69) is 10.5 Å². The molecule has 3 aromatic carbocycles. The Kier molecular flexibility index (Phi) is 7.91. The Hall–Kier alpha value is -4.20. The van der Waals surface area contributed by atoms with Crippen LogP contribution in [0.25, 0.3) is 0 Å². The average molecular weight is 436 g/mol. The van der Waals surface area contributed by atoms with E-state index in [4.69, 9.17) is 14.2 Å². The number of nitrogens with one attached hydrogen (secondary N) is 1. The number of esters is 1. The van der Waals surface area contributed by atoms with Gasteiger partial charge in [0.05, 0.1) is 18.4 Å². The number of rotatable bonds is 9. The predicted molar refractivity (Wildman–Crippen MR) is 117 cm³/mol. The molecule has 1 N–H and O–H groups in total. The summed E-state index contributed by atoms with van der Waals surface area (Å²) in [7, 11) is 0. The minimum absolute atomic E-state index is 0.261. The van der Waals surface area contributed by atoms with Crippen molar-refractivity contribution >= 4 is 18.1 Å². The molecular weight excluding hydrogens is 415 g/mol. The molecule has 0 bridgehead atoms. The molecule has 0 saturated heterocycles. The number of hydrogen-bond acceptors (Lipinski definition) is 6. The topological polar surface area (TPSA) is 86.2 Å². The average Bonchev–Trinajstić information content (AvgIpc) is 2.80. The molecule has 0 spiro atoms. The summed E-state index contributed by atoms with van der Waals surface area (Å²) in [6, 6.07) is 18.6. The van der Waals surface area contributed by atoms with E-state index < -0.39 is 11.9 Å². The lowest BCUT2D eigenvalue weighted by atomic mass is 10.2. The molecule has 3 rings (SSSR count). The van der Waals surface area contributed by atoms with Gasteiger partial charge >= 0.3 is 5.97 Å². The number of carbonyl (C=O) groups is 2. The van der Waals surface area contributed by atoms with Gasteiger partial charge < -0.3 is 14.2 Å². The van der Waals surface area contributed by atoms with Gasteiger partial charge in [-0.2, -0.15) is 5.10 Å². The normalized spacial score (nSPS) is 10.6. The zero-order chi connectivity index (χ0) is 22.8. The Balaban J connectivity index is 1.45. The number of hydrogen-bond donors (Lipinski definition) is 1. The Morgan fingerprint density at radius 1 is 0.875 bits per heavy atom. The van der Waals surface area contributed by atoms with Gasteiger partial charge in [0.25, 0.3) is 5.91 Å². The maximum atomic E-state index is 12.8. The predicted octanol–water partition coefficient (Wildman–Crippen LogP) is 3.97. The third kappa shape index (κ3) is 6.94. The summed E-state index contributed by atoms with van der Waals surface area (Å²) in [5, 5.41) is 3.85. The SMILES string of the molecule is CCOc1ccc(C(=O)Oc2ccc(/C=N\NC(=O)COc3ccc(F)cc3)cc2)cc1. The summed E-state index contributed by atoms with van der Waals surface area (Å²) in [4.78, 5) is 24.0. The minimum Gasteiger partial charge on any atom is -0.494 e. The monoisotopic (exact) mass is 436 g/mol. The fourth-order valence-electron chi connectivity index (χ4n) is 2.53. The van der Waals surface area contributed by atoms with Crippen molar-refractivity contribution in [3.8, 4) is 17.2 Å². The van der Waals surface area contributed by atoms with Gasteiger partial charge in [0, 0.05) is 0 Å². The first-order valence-corrected chi connectivity index (χ1v) is 9.79. The van der Waals surface area contributed by atoms with Crippen LogP contribution in [-0.4, -0.2) is 31.3 Å². The van der Waals surface area contributed by atoms with E-state index in [0.717, 1.165) is 0 Å². The van der Waals surface area contributed by atoms with Gasteiger partial charge in [-0.1, -0.05) is 0 Å². The molecule has 0 aliphatic rings. The summed E-state index contributed by atoms with van der Waals surface area (Å²) in [6.07, 6.45) is 1.44. The van der Waals surface area contributed by atoms with E-state index in [-0.39, 0.29) is 12.4 Å². The Labute approximate surface area is 184 Å². The molecule has 0 heterocycles. The molecule has 0 atom stereocenters. The van der Waals surface area contributed by atoms with Crippen molar-refractivity contribution in [1.82, 2.24) is 5.43 Å². The van der Waals surface area contributed by atoms with E-state index in [1.807, 2.05) is 6.92 Å². The van der Waals surface area contributed by atoms with Crippen molar-refractivity contribution in [2.75, 3.05) is 13.2 Å². The molecule has 0 unspecified atom stereocenters. The van der Waals surface area contributed by atoms with Crippen molar-refractivity contribution in [1.29, 1.82) is 0 Å². The second-order valence-electron chi connectivity index (χ2n) is 6.45. The van der Waals surface area contributed by atoms with Crippen molar-refractivity contribution in [3.63, 3.8) is 0 Å². The van der Waals surface area contributed by atoms with E-state index in [9.17, 15) is 14.0 Å². The second kappa shape index (κ2) is 11.3. The highest BCUT2D eigenvalue weighted by Gasteiger charge is 2.09. The summed E-state index contributed by atoms with van der Waals surface area (Å²) in [5.74, 6) is 0.0955. The molecule has 1 amide bonds. The largest absolute Gasteiger partial charge is 0.494 e. The molecule has 164 valence electrons. The van der Waals surface area contributed by atoms with Crippen LogP contribution in [0, 0.1) is 5.82 Å². The molecular formula is C24H21FN2O5. The number of hydrazone groups is 1. The van der Waals surface area contributed by atoms with Crippen LogP contribution in [0.2, 0.25) is 0 Å². The first-order chi connectivity index (χ1) is 15.5. The van der Waals surface area contributed by atoms with Crippen LogP contribution < -0.4 is 19.6 Å². The van der Waals surface area contributed by atoms with Gasteiger partial charge in [-0.3, -0.25) is 4.79 Å². The van der Waals surface area contributed by atoms with E-state index >= 15 is 0 Å². The molecule has 0 aromatic heterocycles. The van der Waals surface area contributed by atoms with Crippen molar-refractivity contribution < 1.29 is 28.2 Å². The smallest absolute Gasteiger partial charge is 0.343 e. The number of benzene rings is 3. The number of carbonyl (C=O) groups excluding carboxylic acids is 2. The van der Waals surface area contributed by atoms with Crippen molar-refractivity contribution in [2.45, 2.75) is 6.92 Å². The first-order valence-electron chi connectivity index (χ1n) is 9.79. The van der Waals surface area contributed by atoms with Crippen LogP contribution in [0.5, 0.6) is 17.2 Å². The Morgan fingerprint density at radius 3 is 2.12 bits per heavy atom. The highest BCUT2D eigenvalue weighted by Crippen LogP contribution is 2.16. The number of nitrogens with zero attached hydrogens (tertiary/aromatic N) is 1. The molecule has 0 aliphatic heterocycles. The van der Waals surface area contributed by atoms with E-state index in [1.165, 1.54) is 30.5 Å². The quantitative estimate of drug-likeness (QED) is 0.237. The molecule has 8 heteroatoms. The first kappa shape index (κ1) is 22.5. The van der Waals surface area contributed by atoms with Crippen LogP contribution >= 0.6 is 0 Å². The van der Waals surface area contributed by atoms with Crippen LogP contribution in [-0.2, 0) is 4.79 Å². The lowest BCUT2D eigenvalue weighted by Crippen LogP contribution is -2.24. The van der Waals surface area contributed by atoms with Gasteiger partial charge in [-0.25, -0.2) is 14.6 Å². The maximum absolute atomic E-state index is 12.8. The zero-order valence-corrected chi connectivity index (χ0v) is 17.3. The molecule has 0 fully saturated rings. The highest BCUT2D eigenvalue weighted by molar-refractivity contribution is 5.91. The Morgan fingerprint density at radius 2 is 1.47 bits per heavy atom. The molecule has 3 aromatic rings. The van der Waals surface area contributed by atoms with E-state index in [0.29, 0.717) is 35.0 Å². The minimum atomic E-state index is -0.483. The fourth-order valence-corrected chi connectivity index (χ4v) is 2.53. The van der Waals surface area contributed by atoms with Gasteiger partial charge in [0.15, 0.2) is 6.61 Å². The molecule has 7 nitrogen and oxygen atoms in total. The third-order valence-corrected chi connectivity index (χ3v) is 4.08. The van der Waals surface area contributed by atoms with Crippen LogP contribution in [0.3, 0.4) is 0 Å². The fraction of sp³-hybridized carbons (Fsp3) is 0.125. The van der Waals surface area contributed by atoms with Gasteiger partial charge in [0.1, 0.15) is 23.1 Å². The number of ether oxygens (including phenoxy) is 3. The van der Waals surface area contributed by atoms with Crippen molar-refractivity contribution in [2.24, 2.45) is 5.10 Å². The maximum Gasteiger partial charge on any atom is 0.343 e. The summed E-state index contributed by atoms with van der Waals surface area (Å²) < 4.78 is 28.7. The second-order valence-corrected chi connectivity index (χ2v) is 6.45. The molecule has 32 heavy (non-hydrogen) atoms. The van der Waals surface area contributed by atoms with Crippen LogP contribution in [0.1, 0.15) is 22.8 Å². The standard InChI is InChI=1S/C24H21FN2O5/c1-2-30-20-11-5-18(6-12-20)24(29)32-22-9-3-17(4-10-22)15-26-27-23(28)16-31-21-13-7-19(25)8-14-21/h3-15H,2,16H2,1H3,(H,27,28)/b26-15-. The number of halogens is 1. The molecule has 0 aliphatic carbocycles. The Bertz CT molecular complexity index is 1070. The lowest BCUT2D eigenvalue weighted by Gasteiger charge is -2.06. The molecule has 0 radical (unpaired) electrons. The van der Waals surface area contributed by atoms with Crippen molar-refractivity contribution in [3.05, 3.63) is 89.7 Å².